The molecule has 6 nitrogen and oxygen atoms in total. The van der Waals surface area contributed by atoms with E-state index in [2.05, 4.69) is 10.3 Å². The molecule has 0 spiro atoms. The molecule has 1 aromatic rings. The number of rotatable bonds is 6. The largest absolute Gasteiger partial charge is 0.367 e. The summed E-state index contributed by atoms with van der Waals surface area (Å²) >= 11 is 0. The van der Waals surface area contributed by atoms with E-state index in [1.165, 1.54) is 0 Å². The van der Waals surface area contributed by atoms with Gasteiger partial charge < -0.3 is 5.32 Å². The lowest BCUT2D eigenvalue weighted by atomic mass is 10.1. The molecule has 0 amide bonds. The number of nitriles is 1. The fourth-order valence-electron chi connectivity index (χ4n) is 2.57. The average Bonchev–Trinajstić information content (AvgIpc) is 2.48. The molecular weight excluding hydrogens is 300 g/mol. The van der Waals surface area contributed by atoms with Crippen molar-refractivity contribution in [3.63, 3.8) is 0 Å². The summed E-state index contributed by atoms with van der Waals surface area (Å²) in [6, 6.07) is 8.06. The molecule has 7 heteroatoms. The number of nitrogens with one attached hydrogen (secondary N) is 1. The van der Waals surface area contributed by atoms with E-state index in [1.807, 2.05) is 31.2 Å². The summed E-state index contributed by atoms with van der Waals surface area (Å²) in [5.74, 6) is 0.910. The molecule has 1 aliphatic rings. The Morgan fingerprint density at radius 1 is 1.41 bits per heavy atom. The zero-order valence-corrected chi connectivity index (χ0v) is 13.6. The van der Waals surface area contributed by atoms with Gasteiger partial charge in [-0.15, -0.1) is 0 Å². The predicted octanol–water partition coefficient (Wildman–Crippen LogP) is 1.90. The number of piperidine rings is 1. The molecule has 0 bridgehead atoms. The molecular formula is C15H22N4O2S. The Labute approximate surface area is 132 Å². The molecule has 0 radical (unpaired) electrons. The van der Waals surface area contributed by atoms with Crippen molar-refractivity contribution >= 4 is 15.8 Å². The van der Waals surface area contributed by atoms with E-state index in [-0.39, 0.29) is 18.2 Å². The molecule has 0 atom stereocenters. The molecule has 120 valence electrons. The lowest BCUT2D eigenvalue weighted by Crippen LogP contribution is -2.43. The normalized spacial score (nSPS) is 17.1. The molecule has 1 fully saturated rings. The monoisotopic (exact) mass is 322 g/mol. The van der Waals surface area contributed by atoms with Crippen LogP contribution in [0.4, 0.5) is 5.82 Å². The predicted molar refractivity (Wildman–Crippen MR) is 85.8 cm³/mol. The molecule has 1 aromatic heterocycles. The minimum atomic E-state index is -3.22. The van der Waals surface area contributed by atoms with Gasteiger partial charge in [0.05, 0.1) is 11.8 Å². The molecule has 0 unspecified atom stereocenters. The van der Waals surface area contributed by atoms with Gasteiger partial charge in [-0.25, -0.2) is 17.7 Å². The maximum Gasteiger partial charge on any atom is 0.214 e. The van der Waals surface area contributed by atoms with Crippen molar-refractivity contribution < 1.29 is 8.42 Å². The van der Waals surface area contributed by atoms with Gasteiger partial charge in [0.2, 0.25) is 10.0 Å². The lowest BCUT2D eigenvalue weighted by molar-refractivity contribution is 0.329. The van der Waals surface area contributed by atoms with Crippen LogP contribution in [0.25, 0.3) is 0 Å². The van der Waals surface area contributed by atoms with Gasteiger partial charge in [-0.05, 0) is 38.3 Å². The summed E-state index contributed by atoms with van der Waals surface area (Å²) < 4.78 is 25.9. The molecule has 0 aromatic carbocycles. The van der Waals surface area contributed by atoms with E-state index in [0.29, 0.717) is 19.5 Å². The number of aryl methyl sites for hydroxylation is 1. The van der Waals surface area contributed by atoms with Crippen LogP contribution in [0.2, 0.25) is 0 Å². The molecule has 0 aliphatic carbocycles. The zero-order chi connectivity index (χ0) is 16.0. The second-order valence-corrected chi connectivity index (χ2v) is 7.65. The maximum absolute atomic E-state index is 12.2. The van der Waals surface area contributed by atoms with Gasteiger partial charge in [0.1, 0.15) is 5.82 Å². The van der Waals surface area contributed by atoms with Gasteiger partial charge in [0, 0.05) is 31.2 Å². The van der Waals surface area contributed by atoms with Crippen LogP contribution in [0.1, 0.15) is 31.4 Å². The topological polar surface area (TPSA) is 86.1 Å². The molecule has 1 saturated heterocycles. The van der Waals surface area contributed by atoms with Crippen LogP contribution in [-0.4, -0.2) is 42.6 Å². The fraction of sp³-hybridized carbons (Fsp3) is 0.600. The number of sulfonamides is 1. The van der Waals surface area contributed by atoms with Gasteiger partial charge in [-0.1, -0.05) is 6.07 Å². The number of unbranched alkanes of at least 4 members (excludes halogenated alkanes) is 1. The summed E-state index contributed by atoms with van der Waals surface area (Å²) in [6.07, 6.45) is 2.24. The van der Waals surface area contributed by atoms with Crippen LogP contribution >= 0.6 is 0 Å². The summed E-state index contributed by atoms with van der Waals surface area (Å²) in [6.45, 7) is 3.00. The van der Waals surface area contributed by atoms with Gasteiger partial charge in [0.25, 0.3) is 0 Å². The molecule has 1 aliphatic heterocycles. The van der Waals surface area contributed by atoms with Crippen LogP contribution in [0, 0.1) is 18.3 Å². The summed E-state index contributed by atoms with van der Waals surface area (Å²) in [4.78, 5) is 4.41. The number of anilines is 1. The number of hydrogen-bond acceptors (Lipinski definition) is 5. The first-order chi connectivity index (χ1) is 10.5. The summed E-state index contributed by atoms with van der Waals surface area (Å²) in [7, 11) is -3.22. The first kappa shape index (κ1) is 16.7. The summed E-state index contributed by atoms with van der Waals surface area (Å²) in [5.41, 5.74) is 0.961. The molecule has 2 heterocycles. The van der Waals surface area contributed by atoms with Gasteiger partial charge in [-0.3, -0.25) is 0 Å². The Morgan fingerprint density at radius 2 is 2.14 bits per heavy atom. The quantitative estimate of drug-likeness (QED) is 0.808. The van der Waals surface area contributed by atoms with Crippen molar-refractivity contribution in [3.8, 4) is 6.07 Å². The Morgan fingerprint density at radius 3 is 2.77 bits per heavy atom. The van der Waals surface area contributed by atoms with Gasteiger partial charge in [-0.2, -0.15) is 5.26 Å². The highest BCUT2D eigenvalue weighted by atomic mass is 32.2. The van der Waals surface area contributed by atoms with Crippen molar-refractivity contribution in [2.24, 2.45) is 0 Å². The third-order valence-corrected chi connectivity index (χ3v) is 5.74. The molecule has 0 saturated carbocycles. The Bertz CT molecular complexity index is 631. The van der Waals surface area contributed by atoms with Crippen LogP contribution in [-0.2, 0) is 10.0 Å². The third-order valence-electron chi connectivity index (χ3n) is 3.78. The smallest absolute Gasteiger partial charge is 0.214 e. The second-order valence-electron chi connectivity index (χ2n) is 5.56. The lowest BCUT2D eigenvalue weighted by Gasteiger charge is -2.31. The van der Waals surface area contributed by atoms with Crippen molar-refractivity contribution in [1.82, 2.24) is 9.29 Å². The van der Waals surface area contributed by atoms with E-state index < -0.39 is 10.0 Å². The van der Waals surface area contributed by atoms with Crippen molar-refractivity contribution in [3.05, 3.63) is 23.9 Å². The Kier molecular flexibility index (Phi) is 5.75. The highest BCUT2D eigenvalue weighted by molar-refractivity contribution is 7.89. The second kappa shape index (κ2) is 7.56. The standard InChI is InChI=1S/C15H22N4O2S/c1-13-5-4-6-15(17-13)18-14-7-10-19(11-8-14)22(20,21)12-3-2-9-16/h4-6,14H,2-3,7-8,10-12H2,1H3,(H,17,18). The van der Waals surface area contributed by atoms with Crippen LogP contribution in [0.3, 0.4) is 0 Å². The van der Waals surface area contributed by atoms with E-state index in [1.54, 1.807) is 4.31 Å². The van der Waals surface area contributed by atoms with E-state index in [9.17, 15) is 8.42 Å². The Balaban J connectivity index is 1.84. The number of aromatic nitrogens is 1. The number of nitrogens with zero attached hydrogens (tertiary/aromatic N) is 3. The minimum absolute atomic E-state index is 0.0676. The molecule has 2 rings (SSSR count). The van der Waals surface area contributed by atoms with Crippen LogP contribution in [0.5, 0.6) is 0 Å². The zero-order valence-electron chi connectivity index (χ0n) is 12.8. The van der Waals surface area contributed by atoms with Gasteiger partial charge >= 0.3 is 0 Å². The highest BCUT2D eigenvalue weighted by Crippen LogP contribution is 2.18. The fourth-order valence-corrected chi connectivity index (χ4v) is 4.11. The first-order valence-electron chi connectivity index (χ1n) is 7.56. The minimum Gasteiger partial charge on any atom is -0.367 e. The van der Waals surface area contributed by atoms with E-state index in [0.717, 1.165) is 24.4 Å². The molecule has 1 N–H and O–H groups in total. The van der Waals surface area contributed by atoms with E-state index >= 15 is 0 Å². The maximum atomic E-state index is 12.2. The van der Waals surface area contributed by atoms with Gasteiger partial charge in [0.15, 0.2) is 0 Å². The van der Waals surface area contributed by atoms with E-state index in [4.69, 9.17) is 5.26 Å². The summed E-state index contributed by atoms with van der Waals surface area (Å²) in [5, 5.41) is 11.9. The third kappa shape index (κ3) is 4.68. The van der Waals surface area contributed by atoms with Crippen molar-refractivity contribution in [1.29, 1.82) is 5.26 Å². The van der Waals surface area contributed by atoms with Crippen LogP contribution < -0.4 is 5.32 Å². The first-order valence-corrected chi connectivity index (χ1v) is 9.17. The SMILES string of the molecule is Cc1cccc(NC2CCN(S(=O)(=O)CCCC#N)CC2)n1. The average molecular weight is 322 g/mol. The Hall–Kier alpha value is -1.65. The number of pyridine rings is 1. The van der Waals surface area contributed by atoms with Crippen molar-refractivity contribution in [2.75, 3.05) is 24.2 Å². The molecule has 22 heavy (non-hydrogen) atoms. The number of hydrogen-bond donors (Lipinski definition) is 1. The highest BCUT2D eigenvalue weighted by Gasteiger charge is 2.27. The van der Waals surface area contributed by atoms with Crippen molar-refractivity contribution in [2.45, 2.75) is 38.6 Å². The van der Waals surface area contributed by atoms with Crippen LogP contribution in [0.15, 0.2) is 18.2 Å².